The standard InChI is InChI=1S/C13H20O4/c1-14-9-10-5-6-11(12(7-10)15-2)8-13(16-3)17-4/h5-7,13H,8-9H2,1-4H3. The molecule has 1 aromatic rings. The van der Waals surface area contributed by atoms with Gasteiger partial charge in [0.15, 0.2) is 6.29 Å². The summed E-state index contributed by atoms with van der Waals surface area (Å²) >= 11 is 0. The number of rotatable bonds is 7. The van der Waals surface area contributed by atoms with Crippen molar-refractivity contribution in [3.05, 3.63) is 29.3 Å². The first kappa shape index (κ1) is 14.0. The zero-order valence-corrected chi connectivity index (χ0v) is 10.9. The highest BCUT2D eigenvalue weighted by atomic mass is 16.7. The van der Waals surface area contributed by atoms with Gasteiger partial charge in [0, 0.05) is 27.8 Å². The first-order valence-electron chi connectivity index (χ1n) is 5.45. The van der Waals surface area contributed by atoms with E-state index in [0.29, 0.717) is 13.0 Å². The predicted molar refractivity (Wildman–Crippen MR) is 65.2 cm³/mol. The highest BCUT2D eigenvalue weighted by molar-refractivity contribution is 5.37. The Labute approximate surface area is 102 Å². The molecule has 1 rings (SSSR count). The fourth-order valence-electron chi connectivity index (χ4n) is 1.66. The molecule has 0 aliphatic heterocycles. The summed E-state index contributed by atoms with van der Waals surface area (Å²) in [7, 11) is 6.58. The Hall–Kier alpha value is -1.10. The molecule has 96 valence electrons. The molecule has 0 bridgehead atoms. The Kier molecular flexibility index (Phi) is 5.97. The van der Waals surface area contributed by atoms with E-state index in [2.05, 4.69) is 0 Å². The van der Waals surface area contributed by atoms with Crippen LogP contribution in [0.25, 0.3) is 0 Å². The van der Waals surface area contributed by atoms with E-state index in [1.807, 2.05) is 18.2 Å². The number of methoxy groups -OCH3 is 4. The van der Waals surface area contributed by atoms with Gasteiger partial charge in [-0.1, -0.05) is 12.1 Å². The third kappa shape index (κ3) is 4.00. The summed E-state index contributed by atoms with van der Waals surface area (Å²) in [6, 6.07) is 6.00. The van der Waals surface area contributed by atoms with Crippen molar-refractivity contribution in [2.45, 2.75) is 19.3 Å². The van der Waals surface area contributed by atoms with E-state index in [0.717, 1.165) is 16.9 Å². The van der Waals surface area contributed by atoms with Crippen molar-refractivity contribution in [3.8, 4) is 5.75 Å². The quantitative estimate of drug-likeness (QED) is 0.683. The molecule has 0 heterocycles. The number of benzene rings is 1. The molecule has 0 aliphatic carbocycles. The van der Waals surface area contributed by atoms with Crippen molar-refractivity contribution in [1.82, 2.24) is 0 Å². The van der Waals surface area contributed by atoms with Gasteiger partial charge < -0.3 is 18.9 Å². The number of hydrogen-bond acceptors (Lipinski definition) is 4. The van der Waals surface area contributed by atoms with E-state index >= 15 is 0 Å². The van der Waals surface area contributed by atoms with Crippen LogP contribution in [0.15, 0.2) is 18.2 Å². The highest BCUT2D eigenvalue weighted by Gasteiger charge is 2.11. The minimum absolute atomic E-state index is 0.253. The van der Waals surface area contributed by atoms with E-state index in [9.17, 15) is 0 Å². The molecular weight excluding hydrogens is 220 g/mol. The summed E-state index contributed by atoms with van der Waals surface area (Å²) in [4.78, 5) is 0. The molecule has 0 saturated carbocycles. The normalized spacial score (nSPS) is 10.9. The van der Waals surface area contributed by atoms with Crippen molar-refractivity contribution in [1.29, 1.82) is 0 Å². The van der Waals surface area contributed by atoms with Gasteiger partial charge in [-0.3, -0.25) is 0 Å². The maximum atomic E-state index is 5.36. The van der Waals surface area contributed by atoms with Gasteiger partial charge in [0.1, 0.15) is 5.75 Å². The molecule has 4 nitrogen and oxygen atoms in total. The average molecular weight is 240 g/mol. The summed E-state index contributed by atoms with van der Waals surface area (Å²) < 4.78 is 20.8. The Morgan fingerprint density at radius 1 is 1.06 bits per heavy atom. The molecule has 0 aromatic heterocycles. The van der Waals surface area contributed by atoms with Crippen molar-refractivity contribution < 1.29 is 18.9 Å². The number of hydrogen-bond donors (Lipinski definition) is 0. The lowest BCUT2D eigenvalue weighted by Gasteiger charge is -2.16. The van der Waals surface area contributed by atoms with E-state index in [-0.39, 0.29) is 6.29 Å². The van der Waals surface area contributed by atoms with E-state index in [4.69, 9.17) is 18.9 Å². The summed E-state index contributed by atoms with van der Waals surface area (Å²) in [5, 5.41) is 0. The van der Waals surface area contributed by atoms with Gasteiger partial charge in [0.2, 0.25) is 0 Å². The molecule has 0 fully saturated rings. The minimum Gasteiger partial charge on any atom is -0.496 e. The summed E-state index contributed by atoms with van der Waals surface area (Å²) in [5.41, 5.74) is 2.14. The van der Waals surface area contributed by atoms with Crippen LogP contribution in [0.3, 0.4) is 0 Å². The molecule has 0 saturated heterocycles. The van der Waals surface area contributed by atoms with Gasteiger partial charge in [0.05, 0.1) is 13.7 Å². The SMILES string of the molecule is COCc1ccc(CC(OC)OC)c(OC)c1. The maximum Gasteiger partial charge on any atom is 0.160 e. The Bertz CT molecular complexity index is 334. The van der Waals surface area contributed by atoms with Gasteiger partial charge in [-0.2, -0.15) is 0 Å². The smallest absolute Gasteiger partial charge is 0.160 e. The van der Waals surface area contributed by atoms with Gasteiger partial charge in [-0.25, -0.2) is 0 Å². The van der Waals surface area contributed by atoms with Crippen LogP contribution < -0.4 is 4.74 Å². The van der Waals surface area contributed by atoms with E-state index in [1.165, 1.54) is 0 Å². The van der Waals surface area contributed by atoms with Crippen LogP contribution in [-0.2, 0) is 27.2 Å². The molecule has 0 spiro atoms. The topological polar surface area (TPSA) is 36.9 Å². The van der Waals surface area contributed by atoms with Crippen LogP contribution in [0.4, 0.5) is 0 Å². The molecule has 0 radical (unpaired) electrons. The zero-order valence-electron chi connectivity index (χ0n) is 10.9. The lowest BCUT2D eigenvalue weighted by Crippen LogP contribution is -2.16. The summed E-state index contributed by atoms with van der Waals surface area (Å²) in [5.74, 6) is 0.832. The average Bonchev–Trinajstić information content (AvgIpc) is 2.37. The molecule has 0 unspecified atom stereocenters. The van der Waals surface area contributed by atoms with E-state index < -0.39 is 0 Å². The lowest BCUT2D eigenvalue weighted by atomic mass is 10.1. The highest BCUT2D eigenvalue weighted by Crippen LogP contribution is 2.22. The Morgan fingerprint density at radius 2 is 1.76 bits per heavy atom. The fraction of sp³-hybridized carbons (Fsp3) is 0.538. The zero-order chi connectivity index (χ0) is 12.7. The molecule has 4 heteroatoms. The fourth-order valence-corrected chi connectivity index (χ4v) is 1.66. The largest absolute Gasteiger partial charge is 0.496 e. The second-order valence-electron chi connectivity index (χ2n) is 3.68. The van der Waals surface area contributed by atoms with Crippen molar-refractivity contribution >= 4 is 0 Å². The Morgan fingerprint density at radius 3 is 2.29 bits per heavy atom. The van der Waals surface area contributed by atoms with Crippen LogP contribution in [0.5, 0.6) is 5.75 Å². The van der Waals surface area contributed by atoms with Crippen LogP contribution in [-0.4, -0.2) is 34.7 Å². The van der Waals surface area contributed by atoms with Crippen LogP contribution >= 0.6 is 0 Å². The molecule has 0 N–H and O–H groups in total. The third-order valence-corrected chi connectivity index (χ3v) is 2.57. The summed E-state index contributed by atoms with van der Waals surface area (Å²) in [6.45, 7) is 0.578. The van der Waals surface area contributed by atoms with Gasteiger partial charge in [-0.15, -0.1) is 0 Å². The predicted octanol–water partition coefficient (Wildman–Crippen LogP) is 2.00. The van der Waals surface area contributed by atoms with Gasteiger partial charge in [0.25, 0.3) is 0 Å². The van der Waals surface area contributed by atoms with Crippen LogP contribution in [0.1, 0.15) is 11.1 Å². The first-order chi connectivity index (χ1) is 8.24. The molecule has 17 heavy (non-hydrogen) atoms. The number of ether oxygens (including phenoxy) is 4. The van der Waals surface area contributed by atoms with Crippen molar-refractivity contribution in [2.75, 3.05) is 28.4 Å². The van der Waals surface area contributed by atoms with E-state index in [1.54, 1.807) is 28.4 Å². The van der Waals surface area contributed by atoms with Crippen molar-refractivity contribution in [2.24, 2.45) is 0 Å². The minimum atomic E-state index is -0.253. The van der Waals surface area contributed by atoms with Gasteiger partial charge in [-0.05, 0) is 17.2 Å². The first-order valence-corrected chi connectivity index (χ1v) is 5.45. The van der Waals surface area contributed by atoms with Crippen molar-refractivity contribution in [3.63, 3.8) is 0 Å². The maximum absolute atomic E-state index is 5.36. The molecule has 0 amide bonds. The molecule has 1 aromatic carbocycles. The summed E-state index contributed by atoms with van der Waals surface area (Å²) in [6.07, 6.45) is 0.404. The molecule has 0 atom stereocenters. The third-order valence-electron chi connectivity index (χ3n) is 2.57. The Balaban J connectivity index is 2.84. The monoisotopic (exact) mass is 240 g/mol. The molecule has 0 aliphatic rings. The molecular formula is C13H20O4. The second-order valence-corrected chi connectivity index (χ2v) is 3.68. The van der Waals surface area contributed by atoms with Crippen LogP contribution in [0.2, 0.25) is 0 Å². The second kappa shape index (κ2) is 7.27. The van der Waals surface area contributed by atoms with Gasteiger partial charge >= 0.3 is 0 Å². The lowest BCUT2D eigenvalue weighted by molar-refractivity contribution is -0.100. The van der Waals surface area contributed by atoms with Crippen LogP contribution in [0, 0.1) is 0 Å².